The number of piperidine rings is 1. The van der Waals surface area contributed by atoms with Crippen LogP contribution in [0.25, 0.3) is 10.4 Å². The number of hydrogen-bond donors (Lipinski definition) is 1. The highest BCUT2D eigenvalue weighted by Gasteiger charge is 2.27. The largest absolute Gasteiger partial charge is 0.338 e. The number of benzene rings is 1. The molecule has 0 aliphatic carbocycles. The summed E-state index contributed by atoms with van der Waals surface area (Å²) in [7, 11) is 0. The van der Waals surface area contributed by atoms with Gasteiger partial charge in [-0.3, -0.25) is 4.79 Å². The van der Waals surface area contributed by atoms with Gasteiger partial charge >= 0.3 is 0 Å². The van der Waals surface area contributed by atoms with E-state index >= 15 is 0 Å². The molecule has 0 saturated carbocycles. The van der Waals surface area contributed by atoms with Crippen LogP contribution in [0.1, 0.15) is 35.0 Å². The van der Waals surface area contributed by atoms with E-state index in [0.717, 1.165) is 46.8 Å². The van der Waals surface area contributed by atoms with Crippen LogP contribution in [0.3, 0.4) is 0 Å². The van der Waals surface area contributed by atoms with E-state index in [0.29, 0.717) is 10.9 Å². The normalized spacial score (nSPS) is 18.6. The molecule has 2 heterocycles. The Balaban J connectivity index is 0.00000225. The lowest BCUT2D eigenvalue weighted by Gasteiger charge is -2.34. The van der Waals surface area contributed by atoms with Gasteiger partial charge in [-0.25, -0.2) is 0 Å². The predicted molar refractivity (Wildman–Crippen MR) is 109 cm³/mol. The fraction of sp³-hybridized carbons (Fsp3) is 0.421. The Labute approximate surface area is 164 Å². The lowest BCUT2D eigenvalue weighted by atomic mass is 9.92. The molecule has 0 bridgehead atoms. The van der Waals surface area contributed by atoms with Crippen LogP contribution in [-0.4, -0.2) is 29.9 Å². The molecule has 3 nitrogen and oxygen atoms in total. The van der Waals surface area contributed by atoms with Crippen LogP contribution in [-0.2, 0) is 0 Å². The van der Waals surface area contributed by atoms with Gasteiger partial charge in [0.15, 0.2) is 0 Å². The molecule has 0 radical (unpaired) electrons. The molecule has 1 saturated heterocycles. The van der Waals surface area contributed by atoms with Gasteiger partial charge in [-0.2, -0.15) is 0 Å². The van der Waals surface area contributed by atoms with Crippen LogP contribution >= 0.6 is 35.3 Å². The van der Waals surface area contributed by atoms with Crippen molar-refractivity contribution in [2.24, 2.45) is 11.7 Å². The second-order valence-corrected chi connectivity index (χ2v) is 8.13. The molecule has 2 N–H and O–H groups in total. The van der Waals surface area contributed by atoms with E-state index in [1.807, 2.05) is 49.1 Å². The van der Waals surface area contributed by atoms with Crippen molar-refractivity contribution in [3.05, 3.63) is 45.8 Å². The van der Waals surface area contributed by atoms with Crippen molar-refractivity contribution < 1.29 is 4.79 Å². The van der Waals surface area contributed by atoms with E-state index in [9.17, 15) is 4.79 Å². The summed E-state index contributed by atoms with van der Waals surface area (Å²) in [6.07, 6.45) is 2.14. The Bertz CT molecular complexity index is 745. The quantitative estimate of drug-likeness (QED) is 0.790. The first-order valence-electron chi connectivity index (χ1n) is 8.37. The molecule has 2 atom stereocenters. The zero-order valence-corrected chi connectivity index (χ0v) is 16.9. The summed E-state index contributed by atoms with van der Waals surface area (Å²) in [5.74, 6) is 0.526. The van der Waals surface area contributed by atoms with Crippen molar-refractivity contribution in [1.29, 1.82) is 0 Å². The van der Waals surface area contributed by atoms with E-state index in [2.05, 4.69) is 0 Å². The van der Waals surface area contributed by atoms with Gasteiger partial charge in [-0.1, -0.05) is 23.7 Å². The van der Waals surface area contributed by atoms with Crippen LogP contribution in [0, 0.1) is 12.8 Å². The van der Waals surface area contributed by atoms with Crippen LogP contribution in [0.5, 0.6) is 0 Å². The molecule has 1 aromatic heterocycles. The highest BCUT2D eigenvalue weighted by atomic mass is 35.5. The Hall–Kier alpha value is -1.07. The fourth-order valence-corrected chi connectivity index (χ4v) is 4.61. The zero-order chi connectivity index (χ0) is 17.3. The molecule has 6 heteroatoms. The maximum atomic E-state index is 12.9. The number of likely N-dealkylation sites (tertiary alicyclic amines) is 1. The number of halogens is 2. The van der Waals surface area contributed by atoms with E-state index < -0.39 is 0 Å². The number of thiophene rings is 1. The third-order valence-electron chi connectivity index (χ3n) is 4.70. The Morgan fingerprint density at radius 2 is 2.16 bits per heavy atom. The van der Waals surface area contributed by atoms with Gasteiger partial charge in [0.1, 0.15) is 0 Å². The van der Waals surface area contributed by atoms with Gasteiger partial charge in [-0.05, 0) is 61.9 Å². The first-order valence-corrected chi connectivity index (χ1v) is 9.56. The van der Waals surface area contributed by atoms with Crippen LogP contribution in [0.15, 0.2) is 30.3 Å². The SMILES string of the molecule is Cc1cc(C(=O)N2CCCC(C(C)N)C2)sc1-c1cccc(Cl)c1.Cl. The minimum Gasteiger partial charge on any atom is -0.338 e. The fourth-order valence-electron chi connectivity index (χ4n) is 3.28. The first kappa shape index (κ1) is 20.2. The van der Waals surface area contributed by atoms with Gasteiger partial charge in [0.2, 0.25) is 0 Å². The molecule has 0 spiro atoms. The van der Waals surface area contributed by atoms with E-state index in [1.54, 1.807) is 11.3 Å². The van der Waals surface area contributed by atoms with Crippen LogP contribution < -0.4 is 5.73 Å². The molecule has 3 rings (SSSR count). The summed E-state index contributed by atoms with van der Waals surface area (Å²) >= 11 is 7.65. The van der Waals surface area contributed by atoms with E-state index in [-0.39, 0.29) is 24.4 Å². The molecule has 136 valence electrons. The van der Waals surface area contributed by atoms with Gasteiger partial charge in [0, 0.05) is 29.0 Å². The monoisotopic (exact) mass is 398 g/mol. The molecule has 1 aromatic carbocycles. The van der Waals surface area contributed by atoms with Gasteiger partial charge in [-0.15, -0.1) is 23.7 Å². The summed E-state index contributed by atoms with van der Waals surface area (Å²) in [6, 6.07) is 9.91. The molecule has 1 fully saturated rings. The van der Waals surface area contributed by atoms with Crippen molar-refractivity contribution >= 4 is 41.3 Å². The number of nitrogens with two attached hydrogens (primary N) is 1. The van der Waals surface area contributed by atoms with Gasteiger partial charge in [0.05, 0.1) is 4.88 Å². The highest BCUT2D eigenvalue weighted by Crippen LogP contribution is 2.34. The molecule has 1 aliphatic rings. The number of hydrogen-bond acceptors (Lipinski definition) is 3. The Kier molecular flexibility index (Phi) is 6.92. The summed E-state index contributed by atoms with van der Waals surface area (Å²) in [5, 5.41) is 0.712. The molecule has 1 amide bonds. The maximum absolute atomic E-state index is 12.9. The van der Waals surface area contributed by atoms with Crippen molar-refractivity contribution in [2.75, 3.05) is 13.1 Å². The second-order valence-electron chi connectivity index (χ2n) is 6.65. The lowest BCUT2D eigenvalue weighted by molar-refractivity contribution is 0.0666. The topological polar surface area (TPSA) is 46.3 Å². The second kappa shape index (κ2) is 8.54. The summed E-state index contributed by atoms with van der Waals surface area (Å²) < 4.78 is 0. The van der Waals surface area contributed by atoms with Gasteiger partial charge < -0.3 is 10.6 Å². The molecule has 2 aromatic rings. The van der Waals surface area contributed by atoms with Crippen molar-refractivity contribution in [3.8, 4) is 10.4 Å². The number of carbonyl (C=O) groups excluding carboxylic acids is 1. The first-order chi connectivity index (χ1) is 11.5. The van der Waals surface area contributed by atoms with Crippen molar-refractivity contribution in [2.45, 2.75) is 32.7 Å². The van der Waals surface area contributed by atoms with Crippen LogP contribution in [0.4, 0.5) is 0 Å². The highest BCUT2D eigenvalue weighted by molar-refractivity contribution is 7.17. The zero-order valence-electron chi connectivity index (χ0n) is 14.5. The number of aryl methyl sites for hydroxylation is 1. The maximum Gasteiger partial charge on any atom is 0.263 e. The van der Waals surface area contributed by atoms with Gasteiger partial charge in [0.25, 0.3) is 5.91 Å². The minimum absolute atomic E-state index is 0. The Morgan fingerprint density at radius 3 is 2.84 bits per heavy atom. The molecule has 1 aliphatic heterocycles. The third kappa shape index (κ3) is 4.56. The Morgan fingerprint density at radius 1 is 1.40 bits per heavy atom. The number of carbonyl (C=O) groups is 1. The van der Waals surface area contributed by atoms with Crippen molar-refractivity contribution in [1.82, 2.24) is 4.90 Å². The summed E-state index contributed by atoms with van der Waals surface area (Å²) in [4.78, 5) is 16.8. The average molecular weight is 399 g/mol. The molecule has 25 heavy (non-hydrogen) atoms. The third-order valence-corrected chi connectivity index (χ3v) is 6.21. The summed E-state index contributed by atoms with van der Waals surface area (Å²) in [6.45, 7) is 5.67. The molecular formula is C19H24Cl2N2OS. The summed E-state index contributed by atoms with van der Waals surface area (Å²) in [5.41, 5.74) is 8.22. The number of rotatable bonds is 3. The molecule has 2 unspecified atom stereocenters. The average Bonchev–Trinajstić information content (AvgIpc) is 2.96. The van der Waals surface area contributed by atoms with E-state index in [4.69, 9.17) is 17.3 Å². The lowest BCUT2D eigenvalue weighted by Crippen LogP contribution is -2.44. The number of nitrogens with zero attached hydrogens (tertiary/aromatic N) is 1. The van der Waals surface area contributed by atoms with Crippen LogP contribution in [0.2, 0.25) is 5.02 Å². The predicted octanol–water partition coefficient (Wildman–Crippen LogP) is 5.00. The smallest absolute Gasteiger partial charge is 0.263 e. The van der Waals surface area contributed by atoms with E-state index in [1.165, 1.54) is 0 Å². The standard InChI is InChI=1S/C19H23ClN2OS.ClH/c1-12-9-17(24-18(12)14-5-3-7-16(20)10-14)19(23)22-8-4-6-15(11-22)13(2)21;/h3,5,7,9-10,13,15H,4,6,8,11,21H2,1-2H3;1H. The minimum atomic E-state index is 0. The number of amides is 1. The molecular weight excluding hydrogens is 375 g/mol. The van der Waals surface area contributed by atoms with Crippen molar-refractivity contribution in [3.63, 3.8) is 0 Å².